The summed E-state index contributed by atoms with van der Waals surface area (Å²) in [5.74, 6) is 0.533. The number of aliphatic hydroxyl groups excluding tert-OH is 1. The van der Waals surface area contributed by atoms with Crippen LogP contribution in [0.3, 0.4) is 0 Å². The number of carbonyl (C=O) groups excluding carboxylic acids is 2. The summed E-state index contributed by atoms with van der Waals surface area (Å²) in [6.07, 6.45) is 3.66. The van der Waals surface area contributed by atoms with Crippen molar-refractivity contribution in [3.63, 3.8) is 0 Å². The Morgan fingerprint density at radius 3 is 2.76 bits per heavy atom. The number of aromatic nitrogens is 1. The average Bonchev–Trinajstić information content (AvgIpc) is 2.83. The molecule has 34 heavy (non-hydrogen) atoms. The van der Waals surface area contributed by atoms with Crippen LogP contribution < -0.4 is 10.6 Å². The minimum atomic E-state index is -0.639. The number of piperidine rings is 1. The van der Waals surface area contributed by atoms with Gasteiger partial charge in [-0.3, -0.25) is 14.5 Å². The summed E-state index contributed by atoms with van der Waals surface area (Å²) in [7, 11) is 0. The summed E-state index contributed by atoms with van der Waals surface area (Å²) in [5.41, 5.74) is 4.55. The number of benzene rings is 1. The van der Waals surface area contributed by atoms with Crippen molar-refractivity contribution in [3.05, 3.63) is 58.8 Å². The van der Waals surface area contributed by atoms with E-state index in [0.717, 1.165) is 45.4 Å². The highest BCUT2D eigenvalue weighted by molar-refractivity contribution is 5.94. The molecule has 1 unspecified atom stereocenters. The van der Waals surface area contributed by atoms with E-state index in [1.165, 1.54) is 16.7 Å². The quantitative estimate of drug-likeness (QED) is 0.578. The van der Waals surface area contributed by atoms with Gasteiger partial charge in [-0.05, 0) is 55.0 Å². The second-order valence-electron chi connectivity index (χ2n) is 9.42. The summed E-state index contributed by atoms with van der Waals surface area (Å²) in [6.45, 7) is 7.65. The molecule has 2 aliphatic heterocycles. The van der Waals surface area contributed by atoms with Gasteiger partial charge in [-0.1, -0.05) is 18.2 Å². The highest BCUT2D eigenvalue weighted by Gasteiger charge is 2.22. The number of hydrogen-bond donors (Lipinski definition) is 3. The minimum absolute atomic E-state index is 0.109. The van der Waals surface area contributed by atoms with Crippen molar-refractivity contribution in [2.75, 3.05) is 38.0 Å². The van der Waals surface area contributed by atoms with Gasteiger partial charge in [-0.15, -0.1) is 0 Å². The van der Waals surface area contributed by atoms with Crippen LogP contribution in [0.1, 0.15) is 46.8 Å². The smallest absolute Gasteiger partial charge is 0.251 e. The van der Waals surface area contributed by atoms with E-state index in [-0.39, 0.29) is 24.4 Å². The van der Waals surface area contributed by atoms with Crippen molar-refractivity contribution in [2.45, 2.75) is 51.8 Å². The van der Waals surface area contributed by atoms with Crippen LogP contribution >= 0.6 is 0 Å². The highest BCUT2D eigenvalue weighted by atomic mass is 16.3. The third kappa shape index (κ3) is 6.12. The van der Waals surface area contributed by atoms with Gasteiger partial charge >= 0.3 is 0 Å². The molecule has 1 saturated heterocycles. The van der Waals surface area contributed by atoms with Crippen LogP contribution in [0.15, 0.2) is 36.5 Å². The molecule has 3 heterocycles. The summed E-state index contributed by atoms with van der Waals surface area (Å²) < 4.78 is 0. The Hall–Kier alpha value is -2.97. The molecule has 0 spiro atoms. The second-order valence-corrected chi connectivity index (χ2v) is 9.42. The Kier molecular flexibility index (Phi) is 7.80. The van der Waals surface area contributed by atoms with E-state index < -0.39 is 6.10 Å². The molecule has 0 radical (unpaired) electrons. The molecule has 182 valence electrons. The zero-order valence-electron chi connectivity index (χ0n) is 20.1. The van der Waals surface area contributed by atoms with E-state index in [2.05, 4.69) is 45.6 Å². The molecule has 1 aromatic carbocycles. The fourth-order valence-corrected chi connectivity index (χ4v) is 4.83. The van der Waals surface area contributed by atoms with E-state index >= 15 is 0 Å². The number of nitrogens with one attached hydrogen (secondary N) is 2. The van der Waals surface area contributed by atoms with Crippen molar-refractivity contribution < 1.29 is 14.7 Å². The standard InChI is InChI=1S/C26H35N5O3/c1-18-4-3-5-20-7-11-30(17-24(18)20)16-23(33)15-28-26(34)21-6-10-27-25(14-21)29-22-8-12-31(13-9-22)19(2)32/h3-6,10,14,22-23,33H,7-9,11-13,15-17H2,1-2H3,(H,27,29)(H,28,34). The lowest BCUT2D eigenvalue weighted by Crippen LogP contribution is -2.42. The van der Waals surface area contributed by atoms with Gasteiger partial charge in [0.15, 0.2) is 0 Å². The minimum Gasteiger partial charge on any atom is -0.390 e. The first-order valence-corrected chi connectivity index (χ1v) is 12.1. The maximum Gasteiger partial charge on any atom is 0.251 e. The first-order chi connectivity index (χ1) is 16.4. The number of likely N-dealkylation sites (tertiary alicyclic amines) is 1. The molecule has 1 fully saturated rings. The molecule has 2 aromatic rings. The van der Waals surface area contributed by atoms with E-state index in [4.69, 9.17) is 0 Å². The molecule has 3 N–H and O–H groups in total. The van der Waals surface area contributed by atoms with Crippen LogP contribution in [0.5, 0.6) is 0 Å². The summed E-state index contributed by atoms with van der Waals surface area (Å²) in [5, 5.41) is 16.8. The van der Waals surface area contributed by atoms with Gasteiger partial charge in [-0.2, -0.15) is 0 Å². The van der Waals surface area contributed by atoms with Crippen LogP contribution in [0.4, 0.5) is 5.82 Å². The van der Waals surface area contributed by atoms with Gasteiger partial charge in [0.2, 0.25) is 5.91 Å². The van der Waals surface area contributed by atoms with Crippen molar-refractivity contribution in [1.82, 2.24) is 20.1 Å². The highest BCUT2D eigenvalue weighted by Crippen LogP contribution is 2.22. The molecule has 0 bridgehead atoms. The third-order valence-electron chi connectivity index (χ3n) is 6.87. The Labute approximate surface area is 201 Å². The predicted octanol–water partition coefficient (Wildman–Crippen LogP) is 1.96. The number of aryl methyl sites for hydroxylation is 1. The predicted molar refractivity (Wildman–Crippen MR) is 132 cm³/mol. The molecule has 2 amide bonds. The number of nitrogens with zero attached hydrogens (tertiary/aromatic N) is 3. The Bertz CT molecular complexity index is 1020. The lowest BCUT2D eigenvalue weighted by molar-refractivity contribution is -0.129. The van der Waals surface area contributed by atoms with Crippen molar-refractivity contribution in [1.29, 1.82) is 0 Å². The Morgan fingerprint density at radius 1 is 1.21 bits per heavy atom. The van der Waals surface area contributed by atoms with Crippen LogP contribution in [0.2, 0.25) is 0 Å². The fraction of sp³-hybridized carbons (Fsp3) is 0.500. The fourth-order valence-electron chi connectivity index (χ4n) is 4.83. The normalized spacial score (nSPS) is 17.7. The van der Waals surface area contributed by atoms with Gasteiger partial charge in [0.05, 0.1) is 6.10 Å². The first-order valence-electron chi connectivity index (χ1n) is 12.1. The molecular weight excluding hydrogens is 430 g/mol. The first kappa shape index (κ1) is 24.2. The zero-order chi connectivity index (χ0) is 24.1. The summed E-state index contributed by atoms with van der Waals surface area (Å²) in [4.78, 5) is 32.6. The van der Waals surface area contributed by atoms with E-state index in [1.54, 1.807) is 25.3 Å². The molecule has 4 rings (SSSR count). The van der Waals surface area contributed by atoms with Crippen LogP contribution in [-0.4, -0.2) is 76.6 Å². The largest absolute Gasteiger partial charge is 0.390 e. The van der Waals surface area contributed by atoms with Gasteiger partial charge < -0.3 is 20.6 Å². The van der Waals surface area contributed by atoms with Gasteiger partial charge in [-0.25, -0.2) is 4.98 Å². The number of rotatable bonds is 7. The summed E-state index contributed by atoms with van der Waals surface area (Å²) >= 11 is 0. The number of anilines is 1. The van der Waals surface area contributed by atoms with Gasteiger partial charge in [0.1, 0.15) is 5.82 Å². The second kappa shape index (κ2) is 11.0. The van der Waals surface area contributed by atoms with E-state index in [0.29, 0.717) is 17.9 Å². The molecule has 1 aromatic heterocycles. The van der Waals surface area contributed by atoms with Crippen molar-refractivity contribution >= 4 is 17.6 Å². The lowest BCUT2D eigenvalue weighted by atomic mass is 9.95. The Morgan fingerprint density at radius 2 is 2.00 bits per heavy atom. The number of pyridine rings is 1. The summed E-state index contributed by atoms with van der Waals surface area (Å²) in [6, 6.07) is 10.1. The third-order valence-corrected chi connectivity index (χ3v) is 6.87. The lowest BCUT2D eigenvalue weighted by Gasteiger charge is -2.32. The number of hydrogen-bond acceptors (Lipinski definition) is 6. The molecule has 8 nitrogen and oxygen atoms in total. The SMILES string of the molecule is CC(=O)N1CCC(Nc2cc(C(=O)NCC(O)CN3CCc4cccc(C)c4C3)ccn2)CC1. The molecule has 2 aliphatic rings. The van der Waals surface area contributed by atoms with Gasteiger partial charge in [0.25, 0.3) is 5.91 Å². The maximum absolute atomic E-state index is 12.7. The van der Waals surface area contributed by atoms with Crippen LogP contribution in [0.25, 0.3) is 0 Å². The maximum atomic E-state index is 12.7. The van der Waals surface area contributed by atoms with Crippen LogP contribution in [0, 0.1) is 6.92 Å². The van der Waals surface area contributed by atoms with E-state index in [9.17, 15) is 14.7 Å². The number of β-amino-alcohol motifs (C(OH)–C–C–N with tert-alkyl or cyclic N) is 1. The molecule has 0 aliphatic carbocycles. The number of amides is 2. The topological polar surface area (TPSA) is 97.8 Å². The molecule has 1 atom stereocenters. The zero-order valence-corrected chi connectivity index (χ0v) is 20.1. The number of carbonyl (C=O) groups is 2. The molecule has 8 heteroatoms. The van der Waals surface area contributed by atoms with Crippen LogP contribution in [-0.2, 0) is 17.8 Å². The monoisotopic (exact) mass is 465 g/mol. The van der Waals surface area contributed by atoms with Crippen molar-refractivity contribution in [2.24, 2.45) is 0 Å². The van der Waals surface area contributed by atoms with E-state index in [1.807, 2.05) is 4.90 Å². The number of aliphatic hydroxyl groups is 1. The molecular formula is C26H35N5O3. The van der Waals surface area contributed by atoms with Crippen molar-refractivity contribution in [3.8, 4) is 0 Å². The number of fused-ring (bicyclic) bond motifs is 1. The average molecular weight is 466 g/mol. The Balaban J connectivity index is 1.24. The van der Waals surface area contributed by atoms with Gasteiger partial charge in [0, 0.05) is 64.0 Å². The molecule has 0 saturated carbocycles.